The number of allylic oxidation sites excluding steroid dienone is 1. The van der Waals surface area contributed by atoms with Crippen LogP contribution in [0.15, 0.2) is 64.8 Å². The second-order valence-corrected chi connectivity index (χ2v) is 7.85. The molecule has 0 aliphatic carbocycles. The molecule has 0 N–H and O–H groups in total. The molecule has 0 amide bonds. The predicted molar refractivity (Wildman–Crippen MR) is 111 cm³/mol. The van der Waals surface area contributed by atoms with E-state index in [1.165, 1.54) is 0 Å². The third-order valence-corrected chi connectivity index (χ3v) is 5.82. The first-order chi connectivity index (χ1) is 13.4. The predicted octanol–water partition coefficient (Wildman–Crippen LogP) is 5.54. The van der Waals surface area contributed by atoms with Crippen LogP contribution in [-0.4, -0.2) is 18.5 Å². The maximum Gasteiger partial charge on any atom is 0.374 e. The van der Waals surface area contributed by atoms with Crippen molar-refractivity contribution >= 4 is 39.5 Å². The molecule has 0 saturated carbocycles. The Morgan fingerprint density at radius 2 is 1.79 bits per heavy atom. The average molecular weight is 464 g/mol. The summed E-state index contributed by atoms with van der Waals surface area (Å²) in [6.07, 6.45) is 2.18. The van der Waals surface area contributed by atoms with Crippen LogP contribution in [0.3, 0.4) is 0 Å². The highest BCUT2D eigenvalue weighted by molar-refractivity contribution is 9.10. The van der Waals surface area contributed by atoms with Crippen LogP contribution in [0.2, 0.25) is 5.02 Å². The van der Waals surface area contributed by atoms with E-state index in [-0.39, 0.29) is 12.4 Å². The molecule has 6 heteroatoms. The average Bonchev–Trinajstić information content (AvgIpc) is 2.69. The number of esters is 2. The summed E-state index contributed by atoms with van der Waals surface area (Å²) in [5.41, 5.74) is 0.712. The van der Waals surface area contributed by atoms with Crippen molar-refractivity contribution in [2.24, 2.45) is 0 Å². The molecule has 28 heavy (non-hydrogen) atoms. The standard InChI is InChI=1S/C22H20BrClO4/c1-3-22(15-7-11-17(24)12-8-15)18(14-5-9-16(23)10-6-14)13-19(28-21(22)26)20(25)27-4-2/h5-13,18H,3-4H2,1-2H3/t18-,22-/m0/s1. The fraction of sp³-hybridized carbons (Fsp3) is 0.273. The fourth-order valence-corrected chi connectivity index (χ4v) is 4.01. The van der Waals surface area contributed by atoms with Crippen molar-refractivity contribution in [3.8, 4) is 0 Å². The van der Waals surface area contributed by atoms with Crippen LogP contribution >= 0.6 is 27.5 Å². The molecule has 0 unspecified atom stereocenters. The molecule has 0 bridgehead atoms. The number of carbonyl (C=O) groups excluding carboxylic acids is 2. The fourth-order valence-electron chi connectivity index (χ4n) is 3.62. The van der Waals surface area contributed by atoms with Gasteiger partial charge in [-0.05, 0) is 54.8 Å². The van der Waals surface area contributed by atoms with E-state index in [4.69, 9.17) is 21.1 Å². The van der Waals surface area contributed by atoms with Crippen molar-refractivity contribution in [1.29, 1.82) is 0 Å². The summed E-state index contributed by atoms with van der Waals surface area (Å²) in [4.78, 5) is 25.6. The molecule has 0 radical (unpaired) electrons. The van der Waals surface area contributed by atoms with Crippen molar-refractivity contribution < 1.29 is 19.1 Å². The van der Waals surface area contributed by atoms with Gasteiger partial charge >= 0.3 is 11.9 Å². The number of hydrogen-bond acceptors (Lipinski definition) is 4. The van der Waals surface area contributed by atoms with Crippen molar-refractivity contribution in [3.05, 3.63) is 81.0 Å². The number of benzene rings is 2. The quantitative estimate of drug-likeness (QED) is 0.547. The normalized spacial score (nSPS) is 21.6. The summed E-state index contributed by atoms with van der Waals surface area (Å²) in [5, 5.41) is 0.585. The van der Waals surface area contributed by atoms with Gasteiger partial charge in [0.1, 0.15) is 5.41 Å². The van der Waals surface area contributed by atoms with E-state index in [1.54, 1.807) is 25.1 Å². The Hall–Kier alpha value is -2.11. The molecular weight excluding hydrogens is 444 g/mol. The summed E-state index contributed by atoms with van der Waals surface area (Å²) in [7, 11) is 0. The van der Waals surface area contributed by atoms with E-state index in [0.29, 0.717) is 11.4 Å². The van der Waals surface area contributed by atoms with E-state index < -0.39 is 23.3 Å². The minimum absolute atomic E-state index is 0.0715. The number of carbonyl (C=O) groups is 2. The maximum atomic E-state index is 13.3. The first kappa shape index (κ1) is 20.6. The maximum absolute atomic E-state index is 13.3. The Morgan fingerprint density at radius 3 is 2.36 bits per heavy atom. The van der Waals surface area contributed by atoms with Gasteiger partial charge in [0.15, 0.2) is 0 Å². The molecule has 2 atom stereocenters. The molecule has 146 valence electrons. The van der Waals surface area contributed by atoms with Crippen molar-refractivity contribution in [1.82, 2.24) is 0 Å². The Bertz CT molecular complexity index is 905. The first-order valence-electron chi connectivity index (χ1n) is 9.05. The van der Waals surface area contributed by atoms with Gasteiger partial charge < -0.3 is 9.47 Å². The van der Waals surface area contributed by atoms with E-state index in [9.17, 15) is 9.59 Å². The van der Waals surface area contributed by atoms with Gasteiger partial charge in [0.25, 0.3) is 0 Å². The van der Waals surface area contributed by atoms with Crippen molar-refractivity contribution in [2.45, 2.75) is 31.6 Å². The molecule has 0 spiro atoms. The number of halogens is 2. The highest BCUT2D eigenvalue weighted by Crippen LogP contribution is 2.48. The molecule has 4 nitrogen and oxygen atoms in total. The first-order valence-corrected chi connectivity index (χ1v) is 10.2. The molecule has 2 aromatic carbocycles. The van der Waals surface area contributed by atoms with Gasteiger partial charge in [-0.1, -0.05) is 58.7 Å². The van der Waals surface area contributed by atoms with Crippen LogP contribution in [0, 0.1) is 0 Å². The number of rotatable bonds is 5. The highest BCUT2D eigenvalue weighted by Gasteiger charge is 2.51. The highest BCUT2D eigenvalue weighted by atomic mass is 79.9. The molecule has 0 fully saturated rings. The number of cyclic esters (lactones) is 1. The van der Waals surface area contributed by atoms with Crippen LogP contribution in [0.1, 0.15) is 37.3 Å². The molecule has 0 saturated heterocycles. The van der Waals surface area contributed by atoms with E-state index in [0.717, 1.165) is 15.6 Å². The zero-order chi connectivity index (χ0) is 20.3. The van der Waals surface area contributed by atoms with Crippen LogP contribution in [0.5, 0.6) is 0 Å². The minimum Gasteiger partial charge on any atom is -0.460 e. The lowest BCUT2D eigenvalue weighted by atomic mass is 9.64. The van der Waals surface area contributed by atoms with Crippen LogP contribution in [0.25, 0.3) is 0 Å². The SMILES string of the molecule is CCOC(=O)C1=C[C@@H](c2ccc(Br)cc2)[C@](CC)(c2ccc(Cl)cc2)C(=O)O1. The number of hydrogen-bond donors (Lipinski definition) is 0. The summed E-state index contributed by atoms with van der Waals surface area (Å²) in [6.45, 7) is 3.84. The Labute approximate surface area is 177 Å². The van der Waals surface area contributed by atoms with Gasteiger partial charge in [-0.3, -0.25) is 4.79 Å². The van der Waals surface area contributed by atoms with Gasteiger partial charge in [-0.15, -0.1) is 0 Å². The lowest BCUT2D eigenvalue weighted by Crippen LogP contribution is -2.45. The topological polar surface area (TPSA) is 52.6 Å². The Morgan fingerprint density at radius 1 is 1.14 bits per heavy atom. The second-order valence-electron chi connectivity index (χ2n) is 6.50. The summed E-state index contributed by atoms with van der Waals surface area (Å²) in [5.74, 6) is -1.58. The Balaban J connectivity index is 2.20. The van der Waals surface area contributed by atoms with Gasteiger partial charge in [-0.2, -0.15) is 0 Å². The van der Waals surface area contributed by atoms with Crippen LogP contribution in [-0.2, 0) is 24.5 Å². The molecule has 0 aromatic heterocycles. The summed E-state index contributed by atoms with van der Waals surface area (Å²) >= 11 is 9.49. The minimum atomic E-state index is -0.978. The lowest BCUT2D eigenvalue weighted by molar-refractivity contribution is -0.157. The summed E-state index contributed by atoms with van der Waals surface area (Å²) in [6, 6.07) is 14.9. The monoisotopic (exact) mass is 462 g/mol. The van der Waals surface area contributed by atoms with Crippen molar-refractivity contribution in [2.75, 3.05) is 6.61 Å². The molecule has 1 aliphatic heterocycles. The van der Waals surface area contributed by atoms with Gasteiger partial charge in [0.05, 0.1) is 6.61 Å². The van der Waals surface area contributed by atoms with Gasteiger partial charge in [-0.25, -0.2) is 4.79 Å². The largest absolute Gasteiger partial charge is 0.460 e. The third-order valence-electron chi connectivity index (χ3n) is 5.04. The molecule has 1 aliphatic rings. The van der Waals surface area contributed by atoms with Crippen LogP contribution in [0.4, 0.5) is 0 Å². The van der Waals surface area contributed by atoms with Gasteiger partial charge in [0, 0.05) is 15.4 Å². The smallest absolute Gasteiger partial charge is 0.374 e. The Kier molecular flexibility index (Phi) is 6.26. The van der Waals surface area contributed by atoms with E-state index in [1.807, 2.05) is 43.3 Å². The summed E-state index contributed by atoms with van der Waals surface area (Å²) < 4.78 is 11.4. The molecule has 1 heterocycles. The molecule has 2 aromatic rings. The lowest BCUT2D eigenvalue weighted by Gasteiger charge is -2.40. The van der Waals surface area contributed by atoms with E-state index >= 15 is 0 Å². The van der Waals surface area contributed by atoms with E-state index in [2.05, 4.69) is 15.9 Å². The zero-order valence-corrected chi connectivity index (χ0v) is 17.9. The molecule has 3 rings (SSSR count). The zero-order valence-electron chi connectivity index (χ0n) is 15.6. The molecular formula is C22H20BrClO4. The third kappa shape index (κ3) is 3.74. The van der Waals surface area contributed by atoms with Crippen molar-refractivity contribution in [3.63, 3.8) is 0 Å². The number of ether oxygens (including phenoxy) is 2. The van der Waals surface area contributed by atoms with Crippen LogP contribution < -0.4 is 0 Å². The van der Waals surface area contributed by atoms with Gasteiger partial charge in [0.2, 0.25) is 5.76 Å². The second kappa shape index (κ2) is 8.50.